The number of anilines is 2. The Morgan fingerprint density at radius 2 is 0.707 bits per heavy atom. The number of fused-ring (bicyclic) bond motifs is 6. The summed E-state index contributed by atoms with van der Waals surface area (Å²) < 4.78 is 26.5. The number of nitrogen functional groups attached to an aromatic ring is 2. The van der Waals surface area contributed by atoms with Crippen molar-refractivity contribution < 1.29 is 47.3 Å². The maximum Gasteiger partial charge on any atom is 0.347 e. The molecule has 0 atom stereocenters. The number of rotatable bonds is 18. The number of nitrogens with two attached hydrogens (primary N) is 2. The molecule has 25 nitrogen and oxygen atoms in total. The molecular formula is C115H96N10O15. The molecule has 0 aliphatic carbocycles. The number of aromatic amines is 2. The highest BCUT2D eigenvalue weighted by molar-refractivity contribution is 6.46. The second kappa shape index (κ2) is 45.9. The van der Waals surface area contributed by atoms with Crippen LogP contribution in [-0.4, -0.2) is 81.7 Å². The van der Waals surface area contributed by atoms with Gasteiger partial charge in [0.2, 0.25) is 17.7 Å². The number of terminal acetylenes is 2. The largest absolute Gasteiger partial charge is 0.481 e. The number of ketones is 1. The maximum absolute atomic E-state index is 12.2. The van der Waals surface area contributed by atoms with Crippen LogP contribution in [-0.2, 0) is 11.2 Å². The number of H-pyrrole nitrogens is 2. The Kier molecular flexibility index (Phi) is 32.4. The van der Waals surface area contributed by atoms with Gasteiger partial charge in [-0.3, -0.25) is 14.4 Å². The van der Waals surface area contributed by atoms with E-state index in [1.54, 1.807) is 103 Å². The van der Waals surface area contributed by atoms with Crippen LogP contribution in [0.25, 0.3) is 121 Å². The van der Waals surface area contributed by atoms with E-state index in [4.69, 9.17) is 47.0 Å². The molecule has 17 aromatic rings. The monoisotopic (exact) mass is 1860 g/mol. The number of hydrogen-bond donors (Lipinski definition) is 6. The summed E-state index contributed by atoms with van der Waals surface area (Å²) in [6.45, 7) is 20.8. The lowest BCUT2D eigenvalue weighted by molar-refractivity contribution is -0.112. The zero-order chi connectivity index (χ0) is 99.8. The number of aromatic nitrogens is 7. The van der Waals surface area contributed by atoms with Gasteiger partial charge in [-0.2, -0.15) is 0 Å². The van der Waals surface area contributed by atoms with Gasteiger partial charge in [-0.05, 0) is 291 Å². The molecule has 6 heterocycles. The second-order valence-electron chi connectivity index (χ2n) is 32.6. The average molecular weight is 1860 g/mol. The van der Waals surface area contributed by atoms with Gasteiger partial charge < -0.3 is 54.4 Å². The van der Waals surface area contributed by atoms with Crippen molar-refractivity contribution in [3.8, 4) is 36.2 Å². The zero-order valence-corrected chi connectivity index (χ0v) is 78.2. The summed E-state index contributed by atoms with van der Waals surface area (Å²) in [6, 6.07) is 69.9. The summed E-state index contributed by atoms with van der Waals surface area (Å²) in [5.41, 5.74) is 32.5. The SMILES string of the molecule is C#CCOc1ccc(/C=C/C2=Nc3ccccc3CC2=O)cc1C.C#CCOc1ccc(/C=C/c2nc3ccccc3c(=O)o2)cc1C.Cc1ccc(/C=C/c2nc3c(C(=O)O)cccc3c(=O)[nH]2)cc1C.Cc1ccc(/C=C/c2nc3c(C(=O)O)cccc3c(=O)[nH]2)cc1C.Cc1ccc(/C=C/c2nc3c(N)cccc3c(=O)o2)cc1C.Cc1ccc(/C=C/c2nc3c(N)cccc3c(=O)o2)cc1C. The molecule has 18 rings (SSSR count). The standard InChI is InChI=1S/C21H17NO2.C20H15NO3.2C19H16N2O3.2C18H16N2O2/c1-3-12-24-21-11-9-16(13-15(21)2)8-10-19-20(23)14-17-6-4-5-7-18(17)22-19;1-3-12-23-18-10-8-15(13-14(18)2)9-11-19-21-17-7-5-4-6-16(17)20(22)24-19;2*1-11-6-7-13(10-12(11)2)8-9-16-20-17-14(18(22)21-16)4-3-5-15(17)19(23)24;2*1-11-6-7-13(10-12(11)2)8-9-16-20-17-14(18(21)22-16)4-3-5-15(17)19/h1,4-11,13H,12,14H2,2H3;1,4-11,13H,12H2,2H3;2*3-10H,1-2H3,(H,23,24)(H,20,21,22);2*3-10H,19H2,1-2H3/b10-8+;11-9+;4*9-8+. The fourth-order valence-electron chi connectivity index (χ4n) is 14.3. The normalized spacial score (nSPS) is 11.6. The van der Waals surface area contributed by atoms with Gasteiger partial charge in [0.1, 0.15) is 53.1 Å². The number of benzene rings is 12. The number of aromatic carboxylic acids is 2. The lowest BCUT2D eigenvalue weighted by Gasteiger charge is -2.12. The predicted octanol–water partition coefficient (Wildman–Crippen LogP) is 21.5. The van der Waals surface area contributed by atoms with Gasteiger partial charge in [0.15, 0.2) is 5.78 Å². The molecule has 5 aromatic heterocycles. The smallest absolute Gasteiger partial charge is 0.347 e. The minimum Gasteiger partial charge on any atom is -0.481 e. The summed E-state index contributed by atoms with van der Waals surface area (Å²) in [6.07, 6.45) is 32.1. The molecule has 0 spiro atoms. The first kappa shape index (κ1) is 98.9. The molecule has 12 aromatic carbocycles. The number of aryl methyl sites for hydroxylation is 10. The number of carbonyl (C=O) groups excluding carboxylic acids is 1. The highest BCUT2D eigenvalue weighted by atomic mass is 16.5. The fourth-order valence-corrected chi connectivity index (χ4v) is 14.3. The van der Waals surface area contributed by atoms with Gasteiger partial charge in [0, 0.05) is 24.6 Å². The average Bonchev–Trinajstić information content (AvgIpc) is 0.822. The Morgan fingerprint density at radius 1 is 0.364 bits per heavy atom. The molecule has 25 heteroatoms. The molecule has 8 N–H and O–H groups in total. The van der Waals surface area contributed by atoms with Crippen molar-refractivity contribution in [3.05, 3.63) is 424 Å². The first-order chi connectivity index (χ1) is 67.3. The molecule has 0 fully saturated rings. The van der Waals surface area contributed by atoms with Gasteiger partial charge >= 0.3 is 28.8 Å². The first-order valence-corrected chi connectivity index (χ1v) is 44.1. The third kappa shape index (κ3) is 25.7. The number of allylic oxidation sites excluding steroid dienone is 1. The Balaban J connectivity index is 0.000000142. The molecule has 0 amide bonds. The molecule has 140 heavy (non-hydrogen) atoms. The van der Waals surface area contributed by atoms with Crippen LogP contribution in [0.15, 0.2) is 279 Å². The van der Waals surface area contributed by atoms with E-state index in [2.05, 4.69) is 104 Å². The van der Waals surface area contributed by atoms with Crippen LogP contribution in [0, 0.1) is 93.9 Å². The first-order valence-electron chi connectivity index (χ1n) is 44.1. The van der Waals surface area contributed by atoms with E-state index in [0.29, 0.717) is 67.9 Å². The van der Waals surface area contributed by atoms with Crippen molar-refractivity contribution >= 4 is 162 Å². The number of Topliss-reactive ketones (excluding diaryl/α,β-unsaturated/α-hetero) is 1. The topological polar surface area (TPSA) is 395 Å². The lowest BCUT2D eigenvalue weighted by Crippen LogP contribution is -2.17. The van der Waals surface area contributed by atoms with Crippen molar-refractivity contribution in [3.63, 3.8) is 0 Å². The number of ether oxygens (including phenoxy) is 2. The van der Waals surface area contributed by atoms with Crippen LogP contribution in [0.5, 0.6) is 11.5 Å². The molecule has 0 saturated heterocycles. The summed E-state index contributed by atoms with van der Waals surface area (Å²) in [4.78, 5) is 126. The number of nitrogens with one attached hydrogen (secondary N) is 2. The number of carbonyl (C=O) groups is 3. The highest BCUT2D eigenvalue weighted by Crippen LogP contribution is 2.29. The van der Waals surface area contributed by atoms with Gasteiger partial charge in [-0.1, -0.05) is 170 Å². The zero-order valence-electron chi connectivity index (χ0n) is 78.2. The lowest BCUT2D eigenvalue weighted by atomic mass is 9.99. The number of nitrogens with zero attached hydrogens (tertiary/aromatic N) is 6. The number of carboxylic acids is 2. The van der Waals surface area contributed by atoms with Crippen molar-refractivity contribution in [2.45, 2.75) is 75.7 Å². The van der Waals surface area contributed by atoms with Crippen LogP contribution in [0.2, 0.25) is 0 Å². The molecule has 696 valence electrons. The molecule has 1 aliphatic heterocycles. The molecule has 0 bridgehead atoms. The second-order valence-corrected chi connectivity index (χ2v) is 32.6. The minimum atomic E-state index is -1.11. The summed E-state index contributed by atoms with van der Waals surface area (Å²) in [5, 5.41) is 20.3. The van der Waals surface area contributed by atoms with Crippen molar-refractivity contribution in [2.24, 2.45) is 4.99 Å². The quantitative estimate of drug-likeness (QED) is 0.0343. The van der Waals surface area contributed by atoms with E-state index in [1.165, 1.54) is 68.8 Å². The number of para-hydroxylation sites is 6. The van der Waals surface area contributed by atoms with Crippen LogP contribution < -0.4 is 48.9 Å². The summed E-state index contributed by atoms with van der Waals surface area (Å²) >= 11 is 0. The maximum atomic E-state index is 12.2. The van der Waals surface area contributed by atoms with E-state index in [0.717, 1.165) is 67.3 Å². The van der Waals surface area contributed by atoms with Gasteiger partial charge in [0.05, 0.1) is 71.7 Å². The minimum absolute atomic E-state index is 0.0134. The number of hydrogen-bond acceptors (Lipinski definition) is 21. The molecule has 0 saturated carbocycles. The predicted molar refractivity (Wildman–Crippen MR) is 559 cm³/mol. The van der Waals surface area contributed by atoms with Gasteiger partial charge in [0.25, 0.3) is 11.1 Å². The third-order valence-electron chi connectivity index (χ3n) is 22.5. The Bertz CT molecular complexity index is 8010. The summed E-state index contributed by atoms with van der Waals surface area (Å²) in [5.74, 6) is 5.62. The van der Waals surface area contributed by atoms with E-state index >= 15 is 0 Å². The fraction of sp³-hybridized carbons (Fsp3) is 0.113. The number of aliphatic imine (C=N–C) groups is 1. The van der Waals surface area contributed by atoms with Crippen molar-refractivity contribution in [1.29, 1.82) is 0 Å². The highest BCUT2D eigenvalue weighted by Gasteiger charge is 2.20. The molecule has 0 unspecified atom stereocenters. The molecular weight excluding hydrogens is 1760 g/mol. The van der Waals surface area contributed by atoms with Gasteiger partial charge in [-0.15, -0.1) is 12.8 Å². The Hall–Kier alpha value is -18.6. The molecule has 1 aliphatic rings. The van der Waals surface area contributed by atoms with E-state index in [1.807, 2.05) is 193 Å². The summed E-state index contributed by atoms with van der Waals surface area (Å²) in [7, 11) is 0. The van der Waals surface area contributed by atoms with E-state index < -0.39 is 28.8 Å². The molecule has 0 radical (unpaired) electrons. The van der Waals surface area contributed by atoms with Crippen molar-refractivity contribution in [2.75, 3.05) is 24.7 Å². The Labute approximate surface area is 804 Å². The van der Waals surface area contributed by atoms with Crippen molar-refractivity contribution in [1.82, 2.24) is 34.9 Å². The van der Waals surface area contributed by atoms with E-state index in [-0.39, 0.29) is 80.7 Å². The number of carboxylic acid groups (broad SMARTS) is 2. The van der Waals surface area contributed by atoms with E-state index in [9.17, 15) is 48.6 Å². The third-order valence-corrected chi connectivity index (χ3v) is 22.5. The van der Waals surface area contributed by atoms with Gasteiger partial charge in [-0.25, -0.2) is 53.9 Å². The van der Waals surface area contributed by atoms with Crippen LogP contribution >= 0.6 is 0 Å². The van der Waals surface area contributed by atoms with Crippen LogP contribution in [0.1, 0.15) is 145 Å². The van der Waals surface area contributed by atoms with Crippen LogP contribution in [0.4, 0.5) is 17.1 Å². The Morgan fingerprint density at radius 3 is 1.11 bits per heavy atom. The van der Waals surface area contributed by atoms with Crippen LogP contribution in [0.3, 0.4) is 0 Å².